The van der Waals surface area contributed by atoms with Crippen molar-refractivity contribution in [1.82, 2.24) is 10.2 Å². The van der Waals surface area contributed by atoms with Gasteiger partial charge in [0.25, 0.3) is 5.91 Å². The summed E-state index contributed by atoms with van der Waals surface area (Å²) < 4.78 is 5.91. The highest BCUT2D eigenvalue weighted by molar-refractivity contribution is 5.88. The highest BCUT2D eigenvalue weighted by atomic mass is 16.5. The normalized spacial score (nSPS) is 11.8. The van der Waals surface area contributed by atoms with E-state index < -0.39 is 6.04 Å². The predicted octanol–water partition coefficient (Wildman–Crippen LogP) is 4.52. The van der Waals surface area contributed by atoms with Crippen molar-refractivity contribution in [2.75, 3.05) is 13.2 Å². The fraction of sp³-hybridized carbons (Fsp3) is 0.440. The van der Waals surface area contributed by atoms with Crippen molar-refractivity contribution in [3.05, 3.63) is 65.7 Å². The van der Waals surface area contributed by atoms with Crippen LogP contribution in [0.5, 0.6) is 5.75 Å². The lowest BCUT2D eigenvalue weighted by atomic mass is 10.0. The molecule has 2 amide bonds. The van der Waals surface area contributed by atoms with Gasteiger partial charge >= 0.3 is 0 Å². The van der Waals surface area contributed by atoms with E-state index in [0.717, 1.165) is 17.5 Å². The quantitative estimate of drug-likeness (QED) is 0.592. The van der Waals surface area contributed by atoms with E-state index in [0.29, 0.717) is 31.2 Å². The number of hydrogen-bond donors (Lipinski definition) is 1. The van der Waals surface area contributed by atoms with Crippen LogP contribution >= 0.6 is 0 Å². The van der Waals surface area contributed by atoms with E-state index in [2.05, 4.69) is 19.2 Å². The third-order valence-corrected chi connectivity index (χ3v) is 5.02. The molecule has 5 heteroatoms. The van der Waals surface area contributed by atoms with Crippen molar-refractivity contribution >= 4 is 11.8 Å². The van der Waals surface area contributed by atoms with Crippen LogP contribution in [0, 0.1) is 0 Å². The Bertz CT molecular complexity index is 805. The fourth-order valence-corrected chi connectivity index (χ4v) is 3.38. The third kappa shape index (κ3) is 6.61. The molecular formula is C25H34N2O3. The summed E-state index contributed by atoms with van der Waals surface area (Å²) in [6.07, 6.45) is 1.39. The van der Waals surface area contributed by atoms with Gasteiger partial charge in [-0.05, 0) is 36.0 Å². The smallest absolute Gasteiger partial charge is 0.261 e. The Hall–Kier alpha value is -2.82. The summed E-state index contributed by atoms with van der Waals surface area (Å²) in [4.78, 5) is 27.6. The van der Waals surface area contributed by atoms with Crippen LogP contribution in [-0.4, -0.2) is 35.9 Å². The predicted molar refractivity (Wildman–Crippen MR) is 120 cm³/mol. The van der Waals surface area contributed by atoms with E-state index >= 15 is 0 Å². The monoisotopic (exact) mass is 410 g/mol. The largest absolute Gasteiger partial charge is 0.483 e. The average molecular weight is 411 g/mol. The summed E-state index contributed by atoms with van der Waals surface area (Å²) in [6.45, 7) is 8.99. The second kappa shape index (κ2) is 12.0. The summed E-state index contributed by atoms with van der Waals surface area (Å²) in [5, 5.41) is 2.93. The van der Waals surface area contributed by atoms with Gasteiger partial charge in [-0.3, -0.25) is 9.59 Å². The van der Waals surface area contributed by atoms with Crippen molar-refractivity contribution in [3.8, 4) is 5.75 Å². The Morgan fingerprint density at radius 1 is 1.00 bits per heavy atom. The summed E-state index contributed by atoms with van der Waals surface area (Å²) in [7, 11) is 0. The number of nitrogens with one attached hydrogen (secondary N) is 1. The standard InChI is InChI=1S/C25H34N2O3/c1-5-16-26-25(29)22(6-2)27(17-20-12-8-7-9-13-20)24(28)18-30-23-15-11-10-14-21(23)19(3)4/h7-15,19,22H,5-6,16-18H2,1-4H3,(H,26,29)/t22-/m1/s1. The zero-order valence-electron chi connectivity index (χ0n) is 18.6. The van der Waals surface area contributed by atoms with Gasteiger partial charge in [0.1, 0.15) is 11.8 Å². The van der Waals surface area contributed by atoms with E-state index in [4.69, 9.17) is 4.74 Å². The molecule has 0 saturated carbocycles. The van der Waals surface area contributed by atoms with Gasteiger partial charge in [0.05, 0.1) is 0 Å². The molecule has 0 aromatic heterocycles. The molecule has 0 aliphatic heterocycles. The van der Waals surface area contributed by atoms with Crippen molar-refractivity contribution in [3.63, 3.8) is 0 Å². The summed E-state index contributed by atoms with van der Waals surface area (Å²) >= 11 is 0. The van der Waals surface area contributed by atoms with Gasteiger partial charge in [-0.2, -0.15) is 0 Å². The molecule has 5 nitrogen and oxygen atoms in total. The van der Waals surface area contributed by atoms with Gasteiger partial charge in [0, 0.05) is 13.1 Å². The van der Waals surface area contributed by atoms with Gasteiger partial charge in [-0.25, -0.2) is 0 Å². The average Bonchev–Trinajstić information content (AvgIpc) is 2.76. The fourth-order valence-electron chi connectivity index (χ4n) is 3.38. The Morgan fingerprint density at radius 2 is 1.67 bits per heavy atom. The topological polar surface area (TPSA) is 58.6 Å². The minimum atomic E-state index is -0.534. The van der Waals surface area contributed by atoms with Gasteiger partial charge in [-0.15, -0.1) is 0 Å². The third-order valence-electron chi connectivity index (χ3n) is 5.02. The number of carbonyl (C=O) groups is 2. The lowest BCUT2D eigenvalue weighted by molar-refractivity contribution is -0.143. The first kappa shape index (κ1) is 23.5. The molecule has 2 aromatic rings. The van der Waals surface area contributed by atoms with Crippen LogP contribution in [-0.2, 0) is 16.1 Å². The van der Waals surface area contributed by atoms with E-state index in [-0.39, 0.29) is 18.4 Å². The first-order chi connectivity index (χ1) is 14.5. The second-order valence-electron chi connectivity index (χ2n) is 7.70. The molecular weight excluding hydrogens is 376 g/mol. The second-order valence-corrected chi connectivity index (χ2v) is 7.70. The minimum Gasteiger partial charge on any atom is -0.483 e. The molecule has 0 heterocycles. The van der Waals surface area contributed by atoms with Crippen LogP contribution in [0.3, 0.4) is 0 Å². The highest BCUT2D eigenvalue weighted by Gasteiger charge is 2.28. The molecule has 2 aromatic carbocycles. The van der Waals surface area contributed by atoms with Crippen LogP contribution < -0.4 is 10.1 Å². The first-order valence-electron chi connectivity index (χ1n) is 10.8. The Balaban J connectivity index is 2.20. The molecule has 1 N–H and O–H groups in total. The number of rotatable bonds is 11. The van der Waals surface area contributed by atoms with Crippen LogP contribution in [0.25, 0.3) is 0 Å². The Kier molecular flexibility index (Phi) is 9.39. The van der Waals surface area contributed by atoms with Crippen LogP contribution in [0.1, 0.15) is 57.6 Å². The zero-order chi connectivity index (χ0) is 21.9. The van der Waals surface area contributed by atoms with Crippen molar-refractivity contribution in [2.45, 2.75) is 59.0 Å². The van der Waals surface area contributed by atoms with Crippen molar-refractivity contribution < 1.29 is 14.3 Å². The molecule has 0 saturated heterocycles. The number of nitrogens with zero attached hydrogens (tertiary/aromatic N) is 1. The van der Waals surface area contributed by atoms with Gasteiger partial charge in [0.2, 0.25) is 5.91 Å². The van der Waals surface area contributed by atoms with E-state index in [9.17, 15) is 9.59 Å². The molecule has 0 radical (unpaired) electrons. The van der Waals surface area contributed by atoms with E-state index in [1.807, 2.05) is 68.4 Å². The van der Waals surface area contributed by atoms with Crippen LogP contribution in [0.4, 0.5) is 0 Å². The Morgan fingerprint density at radius 3 is 2.30 bits per heavy atom. The van der Waals surface area contributed by atoms with Crippen LogP contribution in [0.15, 0.2) is 54.6 Å². The molecule has 0 fully saturated rings. The van der Waals surface area contributed by atoms with E-state index in [1.165, 1.54) is 0 Å². The summed E-state index contributed by atoms with van der Waals surface area (Å²) in [5.74, 6) is 0.686. The summed E-state index contributed by atoms with van der Waals surface area (Å²) in [6, 6.07) is 17.0. The summed E-state index contributed by atoms with van der Waals surface area (Å²) in [5.41, 5.74) is 2.04. The molecule has 0 unspecified atom stereocenters. The zero-order valence-corrected chi connectivity index (χ0v) is 18.6. The van der Waals surface area contributed by atoms with E-state index in [1.54, 1.807) is 4.90 Å². The SMILES string of the molecule is CCCNC(=O)[C@@H](CC)N(Cc1ccccc1)C(=O)COc1ccccc1C(C)C. The van der Waals surface area contributed by atoms with Gasteiger partial charge in [-0.1, -0.05) is 76.2 Å². The number of benzene rings is 2. The minimum absolute atomic E-state index is 0.103. The molecule has 0 spiro atoms. The van der Waals surface area contributed by atoms with Crippen molar-refractivity contribution in [2.24, 2.45) is 0 Å². The first-order valence-corrected chi connectivity index (χ1v) is 10.8. The maximum Gasteiger partial charge on any atom is 0.261 e. The lowest BCUT2D eigenvalue weighted by Crippen LogP contribution is -2.50. The number of ether oxygens (including phenoxy) is 1. The highest BCUT2D eigenvalue weighted by Crippen LogP contribution is 2.26. The van der Waals surface area contributed by atoms with Gasteiger partial charge in [0.15, 0.2) is 6.61 Å². The number of amides is 2. The number of carbonyl (C=O) groups excluding carboxylic acids is 2. The molecule has 0 aliphatic carbocycles. The van der Waals surface area contributed by atoms with Crippen molar-refractivity contribution in [1.29, 1.82) is 0 Å². The Labute approximate surface area is 180 Å². The van der Waals surface area contributed by atoms with Crippen LogP contribution in [0.2, 0.25) is 0 Å². The number of hydrogen-bond acceptors (Lipinski definition) is 3. The molecule has 2 rings (SSSR count). The molecule has 1 atom stereocenters. The number of para-hydroxylation sites is 1. The lowest BCUT2D eigenvalue weighted by Gasteiger charge is -2.30. The molecule has 30 heavy (non-hydrogen) atoms. The molecule has 0 bridgehead atoms. The maximum absolute atomic E-state index is 13.2. The maximum atomic E-state index is 13.2. The molecule has 162 valence electrons. The molecule has 0 aliphatic rings. The van der Waals surface area contributed by atoms with Gasteiger partial charge < -0.3 is 15.0 Å².